The van der Waals surface area contributed by atoms with Gasteiger partial charge in [-0.25, -0.2) is 9.59 Å². The smallest absolute Gasteiger partial charge is 0.345 e. The van der Waals surface area contributed by atoms with E-state index in [2.05, 4.69) is 31.2 Å². The van der Waals surface area contributed by atoms with E-state index in [0.29, 0.717) is 16.7 Å². The van der Waals surface area contributed by atoms with Gasteiger partial charge in [-0.1, -0.05) is 92.7 Å². The van der Waals surface area contributed by atoms with Crippen LogP contribution < -0.4 is 9.47 Å². The molecule has 0 N–H and O–H groups in total. The topological polar surface area (TPSA) is 100 Å². The van der Waals surface area contributed by atoms with E-state index in [1.807, 2.05) is 24.3 Å². The Balaban J connectivity index is 1.33. The number of esters is 2. The van der Waals surface area contributed by atoms with Crippen LogP contribution in [0.3, 0.4) is 0 Å². The fourth-order valence-electron chi connectivity index (χ4n) is 4.76. The summed E-state index contributed by atoms with van der Waals surface area (Å²) >= 11 is 6.34. The van der Waals surface area contributed by atoms with Gasteiger partial charge in [0.05, 0.1) is 16.1 Å². The summed E-state index contributed by atoms with van der Waals surface area (Å²) in [5, 5.41) is 18.2. The summed E-state index contributed by atoms with van der Waals surface area (Å²) in [5.74, 6) is -0.793. The number of carbonyl (C=O) groups excluding carboxylic acids is 2. The molecule has 4 aromatic carbocycles. The molecular weight excluding hydrogens is 584 g/mol. The zero-order valence-electron chi connectivity index (χ0n) is 25.3. The van der Waals surface area contributed by atoms with Crippen LogP contribution in [0.15, 0.2) is 96.6 Å². The largest absolute Gasteiger partial charge is 0.423 e. The average molecular weight is 617 g/mol. The molecule has 0 spiro atoms. The maximum absolute atomic E-state index is 12.8. The summed E-state index contributed by atoms with van der Waals surface area (Å²) in [7, 11) is 0. The summed E-state index contributed by atoms with van der Waals surface area (Å²) in [6, 6.07) is 30.2. The zero-order chi connectivity index (χ0) is 32.2. The Morgan fingerprint density at radius 1 is 0.689 bits per heavy atom. The lowest BCUT2D eigenvalue weighted by molar-refractivity contribution is 0.0730. The normalized spacial score (nSPS) is 10.3. The molecule has 4 aromatic rings. The first-order valence-corrected chi connectivity index (χ1v) is 15.3. The summed E-state index contributed by atoms with van der Waals surface area (Å²) in [4.78, 5) is 25.6. The first kappa shape index (κ1) is 32.7. The number of nitrogens with zero attached hydrogens (tertiary/aromatic N) is 2. The van der Waals surface area contributed by atoms with Crippen molar-refractivity contribution in [3.8, 4) is 34.8 Å². The average Bonchev–Trinajstić information content (AvgIpc) is 3.06. The van der Waals surface area contributed by atoms with E-state index in [1.54, 1.807) is 43.3 Å². The number of aryl methyl sites for hydroxylation is 1. The van der Waals surface area contributed by atoms with Crippen LogP contribution in [0.1, 0.15) is 77.8 Å². The lowest BCUT2D eigenvalue weighted by atomic mass is 10.00. The first-order valence-electron chi connectivity index (χ1n) is 14.9. The van der Waals surface area contributed by atoms with Crippen LogP contribution in [-0.4, -0.2) is 11.9 Å². The van der Waals surface area contributed by atoms with Gasteiger partial charge in [-0.2, -0.15) is 10.5 Å². The molecule has 0 aliphatic heterocycles. The first-order chi connectivity index (χ1) is 21.8. The number of rotatable bonds is 12. The van der Waals surface area contributed by atoms with Crippen LogP contribution in [0, 0.1) is 22.7 Å². The van der Waals surface area contributed by atoms with Crippen molar-refractivity contribution in [1.82, 2.24) is 0 Å². The molecule has 226 valence electrons. The van der Waals surface area contributed by atoms with Gasteiger partial charge in [0.15, 0.2) is 0 Å². The highest BCUT2D eigenvalue weighted by Crippen LogP contribution is 2.27. The minimum atomic E-state index is -0.691. The van der Waals surface area contributed by atoms with Crippen molar-refractivity contribution in [1.29, 1.82) is 10.5 Å². The quantitative estimate of drug-likeness (QED) is 0.0679. The molecule has 4 rings (SSSR count). The van der Waals surface area contributed by atoms with E-state index in [4.69, 9.17) is 31.6 Å². The van der Waals surface area contributed by atoms with Crippen LogP contribution >= 0.6 is 11.6 Å². The Morgan fingerprint density at radius 3 is 1.84 bits per heavy atom. The molecule has 0 aromatic heterocycles. The molecule has 0 radical (unpaired) electrons. The van der Waals surface area contributed by atoms with Crippen molar-refractivity contribution in [2.24, 2.45) is 0 Å². The molecule has 0 aliphatic carbocycles. The third kappa shape index (κ3) is 8.92. The molecule has 45 heavy (non-hydrogen) atoms. The number of allylic oxidation sites excluding steroid dienone is 2. The Hall–Kier alpha value is -5.17. The fourth-order valence-corrected chi connectivity index (χ4v) is 5.01. The van der Waals surface area contributed by atoms with Crippen molar-refractivity contribution in [3.63, 3.8) is 0 Å². The lowest BCUT2D eigenvalue weighted by Gasteiger charge is -2.10. The van der Waals surface area contributed by atoms with Gasteiger partial charge in [0, 0.05) is 6.07 Å². The highest BCUT2D eigenvalue weighted by Gasteiger charge is 2.16. The van der Waals surface area contributed by atoms with E-state index in [1.165, 1.54) is 55.9 Å². The number of ether oxygens (including phenoxy) is 2. The van der Waals surface area contributed by atoms with Crippen molar-refractivity contribution in [2.45, 2.75) is 52.4 Å². The summed E-state index contributed by atoms with van der Waals surface area (Å²) < 4.78 is 10.9. The number of hydrogen-bond donors (Lipinski definition) is 0. The van der Waals surface area contributed by atoms with E-state index in [0.717, 1.165) is 17.5 Å². The van der Waals surface area contributed by atoms with E-state index < -0.39 is 11.9 Å². The highest BCUT2D eigenvalue weighted by molar-refractivity contribution is 6.33. The third-order valence-electron chi connectivity index (χ3n) is 7.44. The molecule has 6 nitrogen and oxygen atoms in total. The van der Waals surface area contributed by atoms with Crippen LogP contribution in [0.25, 0.3) is 16.7 Å². The number of halogens is 1. The van der Waals surface area contributed by atoms with Gasteiger partial charge in [0.2, 0.25) is 0 Å². The lowest BCUT2D eigenvalue weighted by Crippen LogP contribution is -2.11. The van der Waals surface area contributed by atoms with Crippen molar-refractivity contribution in [2.75, 3.05) is 0 Å². The summed E-state index contributed by atoms with van der Waals surface area (Å²) in [6.07, 6.45) is 7.41. The van der Waals surface area contributed by atoms with Crippen LogP contribution in [0.2, 0.25) is 5.02 Å². The Bertz CT molecular complexity index is 1750. The summed E-state index contributed by atoms with van der Waals surface area (Å²) in [5.41, 5.74) is 5.08. The second-order valence-electron chi connectivity index (χ2n) is 10.6. The molecule has 0 saturated heterocycles. The molecule has 0 bridgehead atoms. The van der Waals surface area contributed by atoms with E-state index in [-0.39, 0.29) is 27.7 Å². The standard InChI is InChI=1S/C38H33ClN2O4/c1-3-4-5-6-7-8-27-9-11-29(12-10-27)30-13-15-31(16-14-30)37(42)45-34-21-22-35(36(39)23-34)38(43)44-33-19-17-28(18-20-33)26(2)32(24-40)25-41/h9-23H,3-8H2,1-2H3. The Morgan fingerprint density at radius 2 is 1.24 bits per heavy atom. The van der Waals surface area contributed by atoms with Crippen LogP contribution in [-0.2, 0) is 6.42 Å². The van der Waals surface area contributed by atoms with Gasteiger partial charge < -0.3 is 9.47 Å². The van der Waals surface area contributed by atoms with Gasteiger partial charge in [-0.05, 0) is 84.0 Å². The Kier molecular flexibility index (Phi) is 11.7. The Labute approximate surface area is 269 Å². The van der Waals surface area contributed by atoms with Gasteiger partial charge in [-0.15, -0.1) is 0 Å². The maximum atomic E-state index is 12.8. The van der Waals surface area contributed by atoms with Crippen LogP contribution in [0.5, 0.6) is 11.5 Å². The number of unbranched alkanes of at least 4 members (excludes halogenated alkanes) is 4. The highest BCUT2D eigenvalue weighted by atomic mass is 35.5. The number of carbonyl (C=O) groups is 2. The van der Waals surface area contributed by atoms with Crippen molar-refractivity contribution in [3.05, 3.63) is 124 Å². The zero-order valence-corrected chi connectivity index (χ0v) is 26.1. The molecule has 0 atom stereocenters. The minimum Gasteiger partial charge on any atom is -0.423 e. The number of benzene rings is 4. The van der Waals surface area contributed by atoms with E-state index in [9.17, 15) is 9.59 Å². The molecule has 0 unspecified atom stereocenters. The SMILES string of the molecule is CCCCCCCc1ccc(-c2ccc(C(=O)Oc3ccc(C(=O)Oc4ccc(C(C)=C(C#N)C#N)cc4)c(Cl)c3)cc2)cc1. The molecular formula is C38H33ClN2O4. The van der Waals surface area contributed by atoms with Gasteiger partial charge >= 0.3 is 11.9 Å². The van der Waals surface area contributed by atoms with Crippen molar-refractivity contribution >= 4 is 29.1 Å². The number of hydrogen-bond acceptors (Lipinski definition) is 6. The molecule has 0 aliphatic rings. The minimum absolute atomic E-state index is 0.00788. The predicted octanol–water partition coefficient (Wildman–Crippen LogP) is 9.78. The molecule has 0 saturated carbocycles. The number of nitriles is 2. The van der Waals surface area contributed by atoms with E-state index >= 15 is 0 Å². The van der Waals surface area contributed by atoms with Gasteiger partial charge in [-0.3, -0.25) is 0 Å². The van der Waals surface area contributed by atoms with Gasteiger partial charge in [0.1, 0.15) is 29.2 Å². The third-order valence-corrected chi connectivity index (χ3v) is 7.76. The summed E-state index contributed by atoms with van der Waals surface area (Å²) in [6.45, 7) is 3.89. The van der Waals surface area contributed by atoms with Crippen molar-refractivity contribution < 1.29 is 19.1 Å². The predicted molar refractivity (Wildman–Crippen MR) is 176 cm³/mol. The molecule has 0 fully saturated rings. The second kappa shape index (κ2) is 16.1. The monoisotopic (exact) mass is 616 g/mol. The molecule has 7 heteroatoms. The fraction of sp³-hybridized carbons (Fsp3) is 0.211. The maximum Gasteiger partial charge on any atom is 0.345 e. The second-order valence-corrected chi connectivity index (χ2v) is 11.0. The van der Waals surface area contributed by atoms with Crippen LogP contribution in [0.4, 0.5) is 0 Å². The molecule has 0 amide bonds. The van der Waals surface area contributed by atoms with Gasteiger partial charge in [0.25, 0.3) is 0 Å². The molecule has 0 heterocycles.